The smallest absolute Gasteiger partial charge is 0.143 e. The predicted octanol–water partition coefficient (Wildman–Crippen LogP) is 7.29. The maximum absolute atomic E-state index is 13.9. The van der Waals surface area contributed by atoms with Gasteiger partial charge in [-0.2, -0.15) is 0 Å². The largest absolute Gasteiger partial charge is 0.487 e. The van der Waals surface area contributed by atoms with Crippen LogP contribution in [0.4, 0.5) is 10.1 Å². The maximum Gasteiger partial charge on any atom is 0.143 e. The van der Waals surface area contributed by atoms with Gasteiger partial charge in [0.05, 0.1) is 5.02 Å². The molecule has 0 atom stereocenters. The fraction of sp³-hybridized carbons (Fsp3) is 0.143. The minimum Gasteiger partial charge on any atom is -0.487 e. The Morgan fingerprint density at radius 1 is 0.926 bits per heavy atom. The Bertz CT molecular complexity index is 962. The lowest BCUT2D eigenvalue weighted by Crippen LogP contribution is -2.06. The van der Waals surface area contributed by atoms with E-state index in [1.807, 2.05) is 25.1 Å². The second kappa shape index (κ2) is 8.83. The Kier molecular flexibility index (Phi) is 6.48. The molecular formula is C21H17Cl3FNO. The first-order valence-electron chi connectivity index (χ1n) is 8.29. The molecule has 1 N–H and O–H groups in total. The Hall–Kier alpha value is -1.94. The molecule has 3 aromatic carbocycles. The predicted molar refractivity (Wildman–Crippen MR) is 111 cm³/mol. The lowest BCUT2D eigenvalue weighted by Gasteiger charge is -2.16. The normalized spacial score (nSPS) is 10.7. The topological polar surface area (TPSA) is 21.3 Å². The van der Waals surface area contributed by atoms with E-state index in [0.717, 1.165) is 16.8 Å². The van der Waals surface area contributed by atoms with E-state index in [1.54, 1.807) is 30.3 Å². The van der Waals surface area contributed by atoms with Gasteiger partial charge in [0.1, 0.15) is 18.2 Å². The van der Waals surface area contributed by atoms with E-state index in [2.05, 4.69) is 5.32 Å². The van der Waals surface area contributed by atoms with E-state index in [4.69, 9.17) is 39.5 Å². The van der Waals surface area contributed by atoms with Crippen LogP contribution in [0, 0.1) is 12.7 Å². The molecule has 0 radical (unpaired) electrons. The summed E-state index contributed by atoms with van der Waals surface area (Å²) in [6.45, 7) is 2.43. The molecule has 0 aliphatic carbocycles. The van der Waals surface area contributed by atoms with E-state index < -0.39 is 0 Å². The summed E-state index contributed by atoms with van der Waals surface area (Å²) in [6, 6.07) is 15.5. The van der Waals surface area contributed by atoms with Gasteiger partial charge in [-0.05, 0) is 42.8 Å². The highest BCUT2D eigenvalue weighted by Crippen LogP contribution is 2.34. The molecule has 0 saturated heterocycles. The third kappa shape index (κ3) is 4.86. The van der Waals surface area contributed by atoms with Crippen LogP contribution in [0.1, 0.15) is 16.7 Å². The van der Waals surface area contributed by atoms with Gasteiger partial charge in [-0.25, -0.2) is 4.39 Å². The minimum atomic E-state index is -0.322. The molecule has 0 aliphatic rings. The van der Waals surface area contributed by atoms with Crippen LogP contribution in [0.2, 0.25) is 15.1 Å². The number of ether oxygens (including phenoxy) is 1. The molecule has 0 amide bonds. The summed E-state index contributed by atoms with van der Waals surface area (Å²) in [7, 11) is 0. The summed E-state index contributed by atoms with van der Waals surface area (Å²) in [5.41, 5.74) is 3.07. The highest BCUT2D eigenvalue weighted by atomic mass is 35.5. The molecule has 0 unspecified atom stereocenters. The van der Waals surface area contributed by atoms with Crippen molar-refractivity contribution >= 4 is 40.5 Å². The monoisotopic (exact) mass is 423 g/mol. The van der Waals surface area contributed by atoms with Gasteiger partial charge in [0.2, 0.25) is 0 Å². The van der Waals surface area contributed by atoms with Gasteiger partial charge < -0.3 is 10.1 Å². The molecule has 0 bridgehead atoms. The lowest BCUT2D eigenvalue weighted by molar-refractivity contribution is 0.297. The molecule has 0 aliphatic heterocycles. The van der Waals surface area contributed by atoms with Crippen molar-refractivity contribution in [2.45, 2.75) is 20.1 Å². The standard InChI is InChI=1S/C21H17Cl3FNO/c1-13-17(23)6-4-8-20(13)26-11-15-9-16(22)10-18(24)21(15)27-12-14-5-2-3-7-19(14)25/h2-10,26H,11-12H2,1H3. The van der Waals surface area contributed by atoms with E-state index in [1.165, 1.54) is 6.07 Å². The van der Waals surface area contributed by atoms with Crippen LogP contribution in [0.5, 0.6) is 5.75 Å². The number of halogens is 4. The van der Waals surface area contributed by atoms with Crippen molar-refractivity contribution in [1.82, 2.24) is 0 Å². The Morgan fingerprint density at radius 3 is 2.48 bits per heavy atom. The van der Waals surface area contributed by atoms with E-state index in [0.29, 0.717) is 32.9 Å². The van der Waals surface area contributed by atoms with Crippen LogP contribution in [-0.2, 0) is 13.2 Å². The SMILES string of the molecule is Cc1c(Cl)cccc1NCc1cc(Cl)cc(Cl)c1OCc1ccccc1F. The quantitative estimate of drug-likeness (QED) is 0.449. The zero-order chi connectivity index (χ0) is 19.4. The fourth-order valence-corrected chi connectivity index (χ4v) is 3.43. The summed E-state index contributed by atoms with van der Waals surface area (Å²) >= 11 is 18.6. The first-order valence-corrected chi connectivity index (χ1v) is 9.42. The van der Waals surface area contributed by atoms with Gasteiger partial charge in [0.15, 0.2) is 0 Å². The average molecular weight is 425 g/mol. The Labute approximate surface area is 172 Å². The summed E-state index contributed by atoms with van der Waals surface area (Å²) in [5.74, 6) is 0.147. The molecule has 0 heterocycles. The second-order valence-electron chi connectivity index (χ2n) is 6.02. The Morgan fingerprint density at radius 2 is 1.70 bits per heavy atom. The van der Waals surface area contributed by atoms with Gasteiger partial charge in [0, 0.05) is 33.4 Å². The molecule has 0 aromatic heterocycles. The third-order valence-electron chi connectivity index (χ3n) is 4.15. The molecule has 3 aromatic rings. The van der Waals surface area contributed by atoms with Crippen molar-refractivity contribution in [3.8, 4) is 5.75 Å². The first kappa shape index (κ1) is 19.8. The zero-order valence-electron chi connectivity index (χ0n) is 14.5. The summed E-state index contributed by atoms with van der Waals surface area (Å²) in [6.07, 6.45) is 0. The summed E-state index contributed by atoms with van der Waals surface area (Å²) in [4.78, 5) is 0. The van der Waals surface area contributed by atoms with Gasteiger partial charge in [-0.15, -0.1) is 0 Å². The van der Waals surface area contributed by atoms with Crippen LogP contribution in [-0.4, -0.2) is 0 Å². The van der Waals surface area contributed by atoms with Crippen LogP contribution >= 0.6 is 34.8 Å². The first-order chi connectivity index (χ1) is 13.0. The summed E-state index contributed by atoms with van der Waals surface area (Å²) < 4.78 is 19.7. The van der Waals surface area contributed by atoms with E-state index in [-0.39, 0.29) is 12.4 Å². The van der Waals surface area contributed by atoms with Crippen LogP contribution < -0.4 is 10.1 Å². The number of hydrogen-bond acceptors (Lipinski definition) is 2. The zero-order valence-corrected chi connectivity index (χ0v) is 16.8. The highest BCUT2D eigenvalue weighted by Gasteiger charge is 2.13. The second-order valence-corrected chi connectivity index (χ2v) is 7.27. The minimum absolute atomic E-state index is 0.0667. The van der Waals surface area contributed by atoms with Crippen molar-refractivity contribution < 1.29 is 9.13 Å². The Balaban J connectivity index is 1.82. The molecule has 140 valence electrons. The van der Waals surface area contributed by atoms with Crippen molar-refractivity contribution in [2.24, 2.45) is 0 Å². The van der Waals surface area contributed by atoms with E-state index in [9.17, 15) is 4.39 Å². The van der Waals surface area contributed by atoms with Crippen molar-refractivity contribution in [3.05, 3.63) is 92.2 Å². The van der Waals surface area contributed by atoms with Crippen molar-refractivity contribution in [2.75, 3.05) is 5.32 Å². The number of nitrogens with one attached hydrogen (secondary N) is 1. The lowest BCUT2D eigenvalue weighted by atomic mass is 10.1. The van der Waals surface area contributed by atoms with Crippen LogP contribution in [0.15, 0.2) is 54.6 Å². The average Bonchev–Trinajstić information content (AvgIpc) is 2.63. The number of anilines is 1. The van der Waals surface area contributed by atoms with Crippen molar-refractivity contribution in [3.63, 3.8) is 0 Å². The molecular weight excluding hydrogens is 408 g/mol. The fourth-order valence-electron chi connectivity index (χ4n) is 2.66. The van der Waals surface area contributed by atoms with Gasteiger partial charge in [-0.3, -0.25) is 0 Å². The molecule has 0 fully saturated rings. The number of hydrogen-bond donors (Lipinski definition) is 1. The van der Waals surface area contributed by atoms with Gasteiger partial charge in [-0.1, -0.05) is 59.1 Å². The maximum atomic E-state index is 13.9. The molecule has 27 heavy (non-hydrogen) atoms. The molecule has 6 heteroatoms. The molecule has 2 nitrogen and oxygen atoms in total. The highest BCUT2D eigenvalue weighted by molar-refractivity contribution is 6.35. The third-order valence-corrected chi connectivity index (χ3v) is 5.06. The van der Waals surface area contributed by atoms with Crippen LogP contribution in [0.3, 0.4) is 0 Å². The molecule has 3 rings (SSSR count). The summed E-state index contributed by atoms with van der Waals surface area (Å²) in [5, 5.41) is 4.87. The molecule has 0 saturated carbocycles. The van der Waals surface area contributed by atoms with E-state index >= 15 is 0 Å². The molecule has 0 spiro atoms. The number of benzene rings is 3. The number of rotatable bonds is 6. The van der Waals surface area contributed by atoms with Crippen LogP contribution in [0.25, 0.3) is 0 Å². The van der Waals surface area contributed by atoms with Crippen molar-refractivity contribution in [1.29, 1.82) is 0 Å². The van der Waals surface area contributed by atoms with Gasteiger partial charge in [0.25, 0.3) is 0 Å². The van der Waals surface area contributed by atoms with Gasteiger partial charge >= 0.3 is 0 Å².